The SMILES string of the molecule is Cc1cccc(COc2ccc(/C=C(\C#N)C(=O)Nc3cccc([N+](=O)[O-])c3)cc2Br)c1. The zero-order valence-corrected chi connectivity index (χ0v) is 18.6. The molecule has 0 fully saturated rings. The molecule has 0 radical (unpaired) electrons. The minimum Gasteiger partial charge on any atom is -0.488 e. The molecule has 3 rings (SSSR count). The van der Waals surface area contributed by atoms with Gasteiger partial charge in [0, 0.05) is 17.8 Å². The second-order valence-electron chi connectivity index (χ2n) is 6.90. The van der Waals surface area contributed by atoms with Crippen LogP contribution in [0.3, 0.4) is 0 Å². The van der Waals surface area contributed by atoms with Crippen molar-refractivity contribution in [2.24, 2.45) is 0 Å². The standard InChI is InChI=1S/C24H18BrN3O4/c1-16-4-2-5-18(10-16)15-32-23-9-8-17(12-22(23)25)11-19(14-26)24(29)27-20-6-3-7-21(13-20)28(30)31/h2-13H,15H2,1H3,(H,27,29)/b19-11+. The zero-order valence-electron chi connectivity index (χ0n) is 17.0. The molecule has 7 nitrogen and oxygen atoms in total. The largest absolute Gasteiger partial charge is 0.488 e. The Balaban J connectivity index is 1.72. The zero-order chi connectivity index (χ0) is 23.1. The number of nitriles is 1. The number of ether oxygens (including phenoxy) is 1. The molecular weight excluding hydrogens is 474 g/mol. The Labute approximate surface area is 193 Å². The van der Waals surface area contributed by atoms with Gasteiger partial charge >= 0.3 is 0 Å². The summed E-state index contributed by atoms with van der Waals surface area (Å²) in [5.74, 6) is -0.0351. The van der Waals surface area contributed by atoms with Crippen molar-refractivity contribution in [2.75, 3.05) is 5.32 Å². The monoisotopic (exact) mass is 491 g/mol. The van der Waals surface area contributed by atoms with Crippen LogP contribution in [-0.4, -0.2) is 10.8 Å². The molecule has 1 N–H and O–H groups in total. The minimum absolute atomic E-state index is 0.142. The van der Waals surface area contributed by atoms with Crippen LogP contribution >= 0.6 is 15.9 Å². The Bertz CT molecular complexity index is 1250. The van der Waals surface area contributed by atoms with E-state index in [9.17, 15) is 20.2 Å². The highest BCUT2D eigenvalue weighted by atomic mass is 79.9. The van der Waals surface area contributed by atoms with Gasteiger partial charge in [-0.1, -0.05) is 42.0 Å². The van der Waals surface area contributed by atoms with Gasteiger partial charge in [0.1, 0.15) is 24.0 Å². The molecule has 0 saturated carbocycles. The van der Waals surface area contributed by atoms with Crippen LogP contribution in [0.15, 0.2) is 76.8 Å². The maximum Gasteiger partial charge on any atom is 0.271 e. The van der Waals surface area contributed by atoms with Gasteiger partial charge in [-0.15, -0.1) is 0 Å². The third-order valence-electron chi connectivity index (χ3n) is 4.42. The first-order chi connectivity index (χ1) is 15.4. The first-order valence-electron chi connectivity index (χ1n) is 9.51. The molecule has 0 aliphatic carbocycles. The highest BCUT2D eigenvalue weighted by Gasteiger charge is 2.13. The third kappa shape index (κ3) is 6.03. The molecule has 0 heterocycles. The molecule has 160 valence electrons. The fourth-order valence-electron chi connectivity index (χ4n) is 2.90. The van der Waals surface area contributed by atoms with Gasteiger partial charge in [-0.2, -0.15) is 5.26 Å². The van der Waals surface area contributed by atoms with Crippen molar-refractivity contribution >= 4 is 39.3 Å². The Morgan fingerprint density at radius 3 is 2.66 bits per heavy atom. The number of aryl methyl sites for hydroxylation is 1. The fourth-order valence-corrected chi connectivity index (χ4v) is 3.41. The Morgan fingerprint density at radius 2 is 1.97 bits per heavy atom. The van der Waals surface area contributed by atoms with E-state index in [2.05, 4.69) is 21.2 Å². The third-order valence-corrected chi connectivity index (χ3v) is 5.04. The van der Waals surface area contributed by atoms with E-state index in [4.69, 9.17) is 4.74 Å². The molecule has 3 aromatic rings. The van der Waals surface area contributed by atoms with E-state index in [1.54, 1.807) is 18.2 Å². The number of hydrogen-bond acceptors (Lipinski definition) is 5. The van der Waals surface area contributed by atoms with Crippen molar-refractivity contribution in [2.45, 2.75) is 13.5 Å². The molecule has 32 heavy (non-hydrogen) atoms. The van der Waals surface area contributed by atoms with Gasteiger partial charge in [-0.05, 0) is 58.3 Å². The number of non-ortho nitro benzene ring substituents is 1. The highest BCUT2D eigenvalue weighted by Crippen LogP contribution is 2.28. The number of nitro groups is 1. The average Bonchev–Trinajstić information content (AvgIpc) is 2.77. The fraction of sp³-hybridized carbons (Fsp3) is 0.0833. The summed E-state index contributed by atoms with van der Waals surface area (Å²) < 4.78 is 6.53. The predicted molar refractivity (Wildman–Crippen MR) is 125 cm³/mol. The van der Waals surface area contributed by atoms with E-state index in [0.717, 1.165) is 11.1 Å². The second-order valence-corrected chi connectivity index (χ2v) is 7.75. The van der Waals surface area contributed by atoms with Gasteiger partial charge in [0.2, 0.25) is 0 Å². The molecule has 8 heteroatoms. The molecule has 0 atom stereocenters. The van der Waals surface area contributed by atoms with Gasteiger partial charge in [0.15, 0.2) is 0 Å². The number of benzene rings is 3. The first-order valence-corrected chi connectivity index (χ1v) is 10.3. The van der Waals surface area contributed by atoms with Crippen molar-refractivity contribution in [3.8, 4) is 11.8 Å². The lowest BCUT2D eigenvalue weighted by molar-refractivity contribution is -0.384. The van der Waals surface area contributed by atoms with Gasteiger partial charge in [0.05, 0.1) is 9.40 Å². The summed E-state index contributed by atoms with van der Waals surface area (Å²) in [6.45, 7) is 2.42. The van der Waals surface area contributed by atoms with Crippen LogP contribution in [0, 0.1) is 28.4 Å². The van der Waals surface area contributed by atoms with Crippen LogP contribution in [0.5, 0.6) is 5.75 Å². The van der Waals surface area contributed by atoms with E-state index in [-0.39, 0.29) is 16.9 Å². The topological polar surface area (TPSA) is 105 Å². The van der Waals surface area contributed by atoms with Gasteiger partial charge in [-0.3, -0.25) is 14.9 Å². The number of amides is 1. The van der Waals surface area contributed by atoms with Crippen molar-refractivity contribution in [1.29, 1.82) is 5.26 Å². The molecule has 0 aliphatic heterocycles. The first kappa shape index (κ1) is 22.7. The van der Waals surface area contributed by atoms with Crippen molar-refractivity contribution < 1.29 is 14.5 Å². The Hall–Kier alpha value is -3.96. The number of nitro benzene ring substituents is 1. The summed E-state index contributed by atoms with van der Waals surface area (Å²) in [5.41, 5.74) is 2.74. The van der Waals surface area contributed by atoms with Crippen molar-refractivity contribution in [1.82, 2.24) is 0 Å². The smallest absolute Gasteiger partial charge is 0.271 e. The van der Waals surface area contributed by atoms with E-state index >= 15 is 0 Å². The quantitative estimate of drug-likeness (QED) is 0.195. The molecule has 0 saturated heterocycles. The van der Waals surface area contributed by atoms with Crippen molar-refractivity contribution in [3.05, 3.63) is 104 Å². The summed E-state index contributed by atoms with van der Waals surface area (Å²) in [6, 6.07) is 20.6. The van der Waals surface area contributed by atoms with Crippen LogP contribution < -0.4 is 10.1 Å². The van der Waals surface area contributed by atoms with Crippen LogP contribution in [0.4, 0.5) is 11.4 Å². The summed E-state index contributed by atoms with van der Waals surface area (Å²) >= 11 is 3.46. The number of carbonyl (C=O) groups is 1. The number of halogens is 1. The van der Waals surface area contributed by atoms with E-state index in [0.29, 0.717) is 22.4 Å². The number of nitrogens with zero attached hydrogens (tertiary/aromatic N) is 2. The Kier molecular flexibility index (Phi) is 7.37. The summed E-state index contributed by atoms with van der Waals surface area (Å²) in [7, 11) is 0. The number of hydrogen-bond donors (Lipinski definition) is 1. The number of rotatable bonds is 7. The van der Waals surface area contributed by atoms with E-state index < -0.39 is 10.8 Å². The molecule has 0 spiro atoms. The maximum atomic E-state index is 12.5. The molecule has 0 bridgehead atoms. The molecular formula is C24H18BrN3O4. The summed E-state index contributed by atoms with van der Waals surface area (Å²) in [5, 5.41) is 22.8. The van der Waals surface area contributed by atoms with Crippen LogP contribution in [-0.2, 0) is 11.4 Å². The van der Waals surface area contributed by atoms with Crippen LogP contribution in [0.1, 0.15) is 16.7 Å². The summed E-state index contributed by atoms with van der Waals surface area (Å²) in [6.07, 6.45) is 1.43. The molecule has 3 aromatic carbocycles. The van der Waals surface area contributed by atoms with Crippen molar-refractivity contribution in [3.63, 3.8) is 0 Å². The van der Waals surface area contributed by atoms with Gasteiger partial charge in [-0.25, -0.2) is 0 Å². The molecule has 1 amide bonds. The number of nitrogens with one attached hydrogen (secondary N) is 1. The highest BCUT2D eigenvalue weighted by molar-refractivity contribution is 9.10. The number of carbonyl (C=O) groups excluding carboxylic acids is 1. The number of anilines is 1. The molecule has 0 aromatic heterocycles. The van der Waals surface area contributed by atoms with Gasteiger partial charge < -0.3 is 10.1 Å². The van der Waals surface area contributed by atoms with Gasteiger partial charge in [0.25, 0.3) is 11.6 Å². The lowest BCUT2D eigenvalue weighted by Crippen LogP contribution is -2.13. The lowest BCUT2D eigenvalue weighted by atomic mass is 10.1. The Morgan fingerprint density at radius 1 is 1.19 bits per heavy atom. The predicted octanol–water partition coefficient (Wildman–Crippen LogP) is 5.79. The molecule has 0 aliphatic rings. The lowest BCUT2D eigenvalue weighted by Gasteiger charge is -2.10. The second kappa shape index (κ2) is 10.4. The average molecular weight is 492 g/mol. The van der Waals surface area contributed by atoms with Crippen LogP contribution in [0.25, 0.3) is 6.08 Å². The normalized spacial score (nSPS) is 10.8. The van der Waals surface area contributed by atoms with E-state index in [1.807, 2.05) is 37.3 Å². The van der Waals surface area contributed by atoms with Crippen LogP contribution in [0.2, 0.25) is 0 Å². The van der Waals surface area contributed by atoms with E-state index in [1.165, 1.54) is 30.3 Å². The maximum absolute atomic E-state index is 12.5. The summed E-state index contributed by atoms with van der Waals surface area (Å²) in [4.78, 5) is 22.8. The minimum atomic E-state index is -0.663. The molecule has 0 unspecified atom stereocenters.